The molecular weight excluding hydrogens is 345 g/mol. The lowest BCUT2D eigenvalue weighted by Gasteiger charge is -2.11. The molecular formula is C11H12IN5O. The van der Waals surface area contributed by atoms with E-state index in [2.05, 4.69) is 37.5 Å². The summed E-state index contributed by atoms with van der Waals surface area (Å²) in [7, 11) is 3.65. The third kappa shape index (κ3) is 3.19. The molecule has 0 unspecified atom stereocenters. The van der Waals surface area contributed by atoms with Gasteiger partial charge in [0.25, 0.3) is 0 Å². The van der Waals surface area contributed by atoms with Gasteiger partial charge in [-0.25, -0.2) is 0 Å². The first-order valence-electron chi connectivity index (χ1n) is 5.17. The molecule has 18 heavy (non-hydrogen) atoms. The van der Waals surface area contributed by atoms with Gasteiger partial charge in [-0.3, -0.25) is 0 Å². The van der Waals surface area contributed by atoms with Crippen LogP contribution in [-0.4, -0.2) is 29.0 Å². The molecule has 0 amide bonds. The quantitative estimate of drug-likeness (QED) is 0.846. The fourth-order valence-corrected chi connectivity index (χ4v) is 1.76. The summed E-state index contributed by atoms with van der Waals surface area (Å²) in [5, 5.41) is 0. The largest absolute Gasteiger partial charge is 0.424 e. The third-order valence-corrected chi connectivity index (χ3v) is 2.70. The van der Waals surface area contributed by atoms with Crippen LogP contribution in [0.3, 0.4) is 0 Å². The van der Waals surface area contributed by atoms with Gasteiger partial charge in [0.1, 0.15) is 5.75 Å². The summed E-state index contributed by atoms with van der Waals surface area (Å²) in [6, 6.07) is 7.77. The van der Waals surface area contributed by atoms with Gasteiger partial charge in [0.2, 0.25) is 11.9 Å². The van der Waals surface area contributed by atoms with Crippen LogP contribution in [0, 0.1) is 3.57 Å². The molecule has 0 saturated heterocycles. The molecule has 1 aromatic carbocycles. The Bertz CT molecular complexity index is 561. The van der Waals surface area contributed by atoms with Crippen molar-refractivity contribution in [2.75, 3.05) is 24.7 Å². The Labute approximate surface area is 118 Å². The molecule has 6 nitrogen and oxygen atoms in total. The minimum Gasteiger partial charge on any atom is -0.424 e. The number of nitrogens with zero attached hydrogens (tertiary/aromatic N) is 4. The molecule has 2 rings (SSSR count). The van der Waals surface area contributed by atoms with Crippen molar-refractivity contribution >= 4 is 34.5 Å². The van der Waals surface area contributed by atoms with E-state index >= 15 is 0 Å². The molecule has 0 aliphatic rings. The number of nitrogens with two attached hydrogens (primary N) is 1. The number of nitrogen functional groups attached to an aromatic ring is 1. The second-order valence-electron chi connectivity index (χ2n) is 3.73. The predicted octanol–water partition coefficient (Wildman–Crippen LogP) is 1.92. The smallest absolute Gasteiger partial charge is 0.328 e. The fraction of sp³-hybridized carbons (Fsp3) is 0.182. The maximum Gasteiger partial charge on any atom is 0.328 e. The molecule has 1 aromatic heterocycles. The van der Waals surface area contributed by atoms with Gasteiger partial charge in [0.05, 0.1) is 0 Å². The van der Waals surface area contributed by atoms with Crippen LogP contribution >= 0.6 is 22.6 Å². The third-order valence-electron chi connectivity index (χ3n) is 2.03. The van der Waals surface area contributed by atoms with Crippen LogP contribution in [-0.2, 0) is 0 Å². The van der Waals surface area contributed by atoms with Crippen LogP contribution in [0.4, 0.5) is 11.9 Å². The normalized spacial score (nSPS) is 10.2. The molecule has 0 spiro atoms. The number of ether oxygens (including phenoxy) is 1. The van der Waals surface area contributed by atoms with E-state index < -0.39 is 0 Å². The van der Waals surface area contributed by atoms with E-state index in [0.29, 0.717) is 11.7 Å². The van der Waals surface area contributed by atoms with Crippen molar-refractivity contribution in [3.8, 4) is 11.8 Å². The molecule has 2 N–H and O–H groups in total. The van der Waals surface area contributed by atoms with E-state index in [1.165, 1.54) is 0 Å². The SMILES string of the molecule is CN(C)c1nc(N)nc(Oc2cccc(I)c2)n1. The lowest BCUT2D eigenvalue weighted by molar-refractivity contribution is 0.440. The first-order chi connectivity index (χ1) is 8.54. The van der Waals surface area contributed by atoms with Crippen LogP contribution in [0.15, 0.2) is 24.3 Å². The molecule has 0 radical (unpaired) electrons. The molecule has 0 saturated carbocycles. The molecule has 94 valence electrons. The van der Waals surface area contributed by atoms with Crippen LogP contribution in [0.5, 0.6) is 11.8 Å². The highest BCUT2D eigenvalue weighted by Crippen LogP contribution is 2.21. The molecule has 2 aromatic rings. The van der Waals surface area contributed by atoms with Gasteiger partial charge in [-0.15, -0.1) is 0 Å². The van der Waals surface area contributed by atoms with Gasteiger partial charge in [-0.05, 0) is 40.8 Å². The summed E-state index contributed by atoms with van der Waals surface area (Å²) in [5.41, 5.74) is 5.61. The molecule has 0 aliphatic carbocycles. The van der Waals surface area contributed by atoms with Crippen LogP contribution < -0.4 is 15.4 Å². The van der Waals surface area contributed by atoms with Gasteiger partial charge in [-0.1, -0.05) is 6.07 Å². The van der Waals surface area contributed by atoms with Gasteiger partial charge in [-0.2, -0.15) is 15.0 Å². The number of anilines is 2. The Morgan fingerprint density at radius 1 is 1.22 bits per heavy atom. The average Bonchev–Trinajstić information content (AvgIpc) is 2.28. The highest BCUT2D eigenvalue weighted by atomic mass is 127. The van der Waals surface area contributed by atoms with E-state index in [4.69, 9.17) is 10.5 Å². The maximum atomic E-state index is 5.61. The average molecular weight is 357 g/mol. The molecule has 0 aliphatic heterocycles. The number of hydrogen-bond acceptors (Lipinski definition) is 6. The molecule has 0 bridgehead atoms. The summed E-state index contributed by atoms with van der Waals surface area (Å²) in [4.78, 5) is 13.8. The topological polar surface area (TPSA) is 77.2 Å². The highest BCUT2D eigenvalue weighted by Gasteiger charge is 2.08. The van der Waals surface area contributed by atoms with E-state index in [-0.39, 0.29) is 12.0 Å². The summed E-state index contributed by atoms with van der Waals surface area (Å²) in [6.45, 7) is 0. The van der Waals surface area contributed by atoms with E-state index in [9.17, 15) is 0 Å². The van der Waals surface area contributed by atoms with Crippen molar-refractivity contribution in [1.29, 1.82) is 0 Å². The van der Waals surface area contributed by atoms with Gasteiger partial charge < -0.3 is 15.4 Å². The Morgan fingerprint density at radius 2 is 2.00 bits per heavy atom. The zero-order valence-electron chi connectivity index (χ0n) is 9.96. The van der Waals surface area contributed by atoms with Gasteiger partial charge >= 0.3 is 6.01 Å². The Morgan fingerprint density at radius 3 is 2.67 bits per heavy atom. The molecule has 1 heterocycles. The van der Waals surface area contributed by atoms with E-state index in [1.807, 2.05) is 38.4 Å². The van der Waals surface area contributed by atoms with E-state index in [1.54, 1.807) is 4.90 Å². The van der Waals surface area contributed by atoms with Crippen molar-refractivity contribution < 1.29 is 4.74 Å². The maximum absolute atomic E-state index is 5.61. The second-order valence-corrected chi connectivity index (χ2v) is 4.98. The van der Waals surface area contributed by atoms with Crippen molar-refractivity contribution in [1.82, 2.24) is 15.0 Å². The Balaban J connectivity index is 2.29. The number of benzene rings is 1. The number of hydrogen-bond donors (Lipinski definition) is 1. The van der Waals surface area contributed by atoms with Crippen LogP contribution in [0.2, 0.25) is 0 Å². The lowest BCUT2D eigenvalue weighted by atomic mass is 10.3. The number of rotatable bonds is 3. The van der Waals surface area contributed by atoms with Crippen LogP contribution in [0.1, 0.15) is 0 Å². The van der Waals surface area contributed by atoms with Gasteiger partial charge in [0, 0.05) is 17.7 Å². The minimum absolute atomic E-state index is 0.134. The minimum atomic E-state index is 0.134. The lowest BCUT2D eigenvalue weighted by Crippen LogP contribution is -2.15. The van der Waals surface area contributed by atoms with Crippen molar-refractivity contribution in [3.05, 3.63) is 27.8 Å². The monoisotopic (exact) mass is 357 g/mol. The van der Waals surface area contributed by atoms with Crippen molar-refractivity contribution in [2.45, 2.75) is 0 Å². The van der Waals surface area contributed by atoms with Crippen molar-refractivity contribution in [3.63, 3.8) is 0 Å². The summed E-state index contributed by atoms with van der Waals surface area (Å²) in [5.74, 6) is 1.26. The Kier molecular flexibility index (Phi) is 3.80. The summed E-state index contributed by atoms with van der Waals surface area (Å²) in [6.07, 6.45) is 0. The second kappa shape index (κ2) is 5.34. The predicted molar refractivity (Wildman–Crippen MR) is 77.8 cm³/mol. The first kappa shape index (κ1) is 12.8. The fourth-order valence-electron chi connectivity index (χ4n) is 1.24. The van der Waals surface area contributed by atoms with Crippen LogP contribution in [0.25, 0.3) is 0 Å². The standard InChI is InChI=1S/C11H12IN5O/c1-17(2)10-14-9(13)15-11(16-10)18-8-5-3-4-7(12)6-8/h3-6H,1-2H3,(H2,13,14,15,16). The summed E-state index contributed by atoms with van der Waals surface area (Å²) < 4.78 is 6.63. The number of aromatic nitrogens is 3. The molecule has 7 heteroatoms. The van der Waals surface area contributed by atoms with E-state index in [0.717, 1.165) is 3.57 Å². The molecule has 0 fully saturated rings. The van der Waals surface area contributed by atoms with Gasteiger partial charge in [0.15, 0.2) is 0 Å². The zero-order chi connectivity index (χ0) is 13.1. The zero-order valence-corrected chi connectivity index (χ0v) is 12.1. The molecule has 0 atom stereocenters. The number of halogens is 1. The summed E-state index contributed by atoms with van der Waals surface area (Å²) >= 11 is 2.21. The first-order valence-corrected chi connectivity index (χ1v) is 6.25. The van der Waals surface area contributed by atoms with Crippen molar-refractivity contribution in [2.24, 2.45) is 0 Å². The highest BCUT2D eigenvalue weighted by molar-refractivity contribution is 14.1. The Hall–Kier alpha value is -1.64.